The van der Waals surface area contributed by atoms with Crippen LogP contribution in [0.5, 0.6) is 0 Å². The van der Waals surface area contributed by atoms with Crippen molar-refractivity contribution in [2.45, 2.75) is 52.0 Å². The molecule has 0 spiro atoms. The van der Waals surface area contributed by atoms with Crippen molar-refractivity contribution in [1.82, 2.24) is 4.57 Å². The number of ketones is 1. The van der Waals surface area contributed by atoms with Crippen LogP contribution in [0.1, 0.15) is 52.1 Å². The average molecular weight is 342 g/mol. The molecule has 0 amide bonds. The van der Waals surface area contributed by atoms with Gasteiger partial charge in [0.2, 0.25) is 0 Å². The summed E-state index contributed by atoms with van der Waals surface area (Å²) in [5, 5.41) is 9.01. The highest BCUT2D eigenvalue weighted by molar-refractivity contribution is 5.94. The highest BCUT2D eigenvalue weighted by Crippen LogP contribution is 2.15. The van der Waals surface area contributed by atoms with E-state index in [1.54, 1.807) is 0 Å². The first-order valence-electron chi connectivity index (χ1n) is 9.02. The monoisotopic (exact) mass is 342 g/mol. The summed E-state index contributed by atoms with van der Waals surface area (Å²) in [6.07, 6.45) is 3.83. The normalized spacial score (nSPS) is 12.4. The molecule has 0 saturated heterocycles. The van der Waals surface area contributed by atoms with Crippen molar-refractivity contribution in [1.29, 1.82) is 0 Å². The molecular formula is C21H30N2O2. The van der Waals surface area contributed by atoms with Gasteiger partial charge in [0.05, 0.1) is 12.3 Å². The first-order valence-corrected chi connectivity index (χ1v) is 9.02. The third-order valence-corrected chi connectivity index (χ3v) is 4.67. The fourth-order valence-corrected chi connectivity index (χ4v) is 3.30. The van der Waals surface area contributed by atoms with E-state index in [1.807, 2.05) is 23.7 Å². The van der Waals surface area contributed by atoms with Gasteiger partial charge in [0.25, 0.3) is 0 Å². The molecule has 1 unspecified atom stereocenters. The Bertz CT molecular complexity index is 698. The van der Waals surface area contributed by atoms with Crippen molar-refractivity contribution in [3.63, 3.8) is 0 Å². The number of Topliss-reactive ketones (excluding diaryl/α,β-unsaturated/α-hetero) is 1. The zero-order valence-electron chi connectivity index (χ0n) is 15.6. The molecule has 2 aromatic rings. The molecule has 4 heteroatoms. The van der Waals surface area contributed by atoms with Gasteiger partial charge in [-0.15, -0.1) is 0 Å². The molecule has 1 atom stereocenters. The number of carbonyl (C=O) groups is 1. The number of nitrogens with zero attached hydrogens (tertiary/aromatic N) is 1. The van der Waals surface area contributed by atoms with Crippen molar-refractivity contribution in [3.05, 3.63) is 58.4 Å². The lowest BCUT2D eigenvalue weighted by Gasteiger charge is -2.10. The SMILES string of the molecule is Cc1cc(C)cc(CCCC(=O)c2ccc(CCC(N)CO)n2C)c1. The molecule has 25 heavy (non-hydrogen) atoms. The second kappa shape index (κ2) is 8.97. The summed E-state index contributed by atoms with van der Waals surface area (Å²) >= 11 is 0. The van der Waals surface area contributed by atoms with E-state index in [9.17, 15) is 4.79 Å². The molecule has 1 aromatic heterocycles. The maximum Gasteiger partial charge on any atom is 0.179 e. The number of aromatic nitrogens is 1. The Morgan fingerprint density at radius 3 is 2.48 bits per heavy atom. The van der Waals surface area contributed by atoms with Crippen LogP contribution in [0.2, 0.25) is 0 Å². The fourth-order valence-electron chi connectivity index (χ4n) is 3.30. The van der Waals surface area contributed by atoms with Crippen LogP contribution in [0.4, 0.5) is 0 Å². The van der Waals surface area contributed by atoms with Crippen molar-refractivity contribution in [3.8, 4) is 0 Å². The summed E-state index contributed by atoms with van der Waals surface area (Å²) in [7, 11) is 1.93. The van der Waals surface area contributed by atoms with Crippen LogP contribution in [-0.4, -0.2) is 28.1 Å². The largest absolute Gasteiger partial charge is 0.395 e. The molecule has 136 valence electrons. The van der Waals surface area contributed by atoms with E-state index in [0.29, 0.717) is 12.8 Å². The molecule has 1 aromatic carbocycles. The topological polar surface area (TPSA) is 68.2 Å². The quantitative estimate of drug-likeness (QED) is 0.688. The Hall–Kier alpha value is -1.91. The number of benzene rings is 1. The van der Waals surface area contributed by atoms with Gasteiger partial charge < -0.3 is 15.4 Å². The molecular weight excluding hydrogens is 312 g/mol. The van der Waals surface area contributed by atoms with Crippen LogP contribution in [0, 0.1) is 13.8 Å². The molecule has 0 bridgehead atoms. The van der Waals surface area contributed by atoms with Crippen LogP contribution >= 0.6 is 0 Å². The molecule has 3 N–H and O–H groups in total. The maximum atomic E-state index is 12.5. The summed E-state index contributed by atoms with van der Waals surface area (Å²) < 4.78 is 1.96. The molecule has 0 aliphatic heterocycles. The summed E-state index contributed by atoms with van der Waals surface area (Å²) in [6.45, 7) is 4.21. The highest BCUT2D eigenvalue weighted by atomic mass is 16.3. The molecule has 0 fully saturated rings. The Labute approximate surface area is 150 Å². The number of rotatable bonds is 9. The molecule has 1 heterocycles. The van der Waals surface area contributed by atoms with E-state index in [0.717, 1.165) is 30.7 Å². The van der Waals surface area contributed by atoms with Crippen LogP contribution in [0.25, 0.3) is 0 Å². The number of aliphatic hydroxyl groups excluding tert-OH is 1. The van der Waals surface area contributed by atoms with E-state index in [4.69, 9.17) is 10.8 Å². The minimum absolute atomic E-state index is 0.00531. The lowest BCUT2D eigenvalue weighted by Crippen LogP contribution is -2.25. The third kappa shape index (κ3) is 5.55. The van der Waals surface area contributed by atoms with Gasteiger partial charge in [0.1, 0.15) is 0 Å². The second-order valence-corrected chi connectivity index (χ2v) is 7.02. The fraction of sp³-hybridized carbons (Fsp3) is 0.476. The summed E-state index contributed by atoms with van der Waals surface area (Å²) in [6, 6.07) is 10.3. The predicted octanol–water partition coefficient (Wildman–Crippen LogP) is 3.10. The summed E-state index contributed by atoms with van der Waals surface area (Å²) in [4.78, 5) is 12.5. The van der Waals surface area contributed by atoms with E-state index in [2.05, 4.69) is 32.0 Å². The maximum absolute atomic E-state index is 12.5. The Kier molecular flexibility index (Phi) is 6.97. The molecule has 0 radical (unpaired) electrons. The van der Waals surface area contributed by atoms with Crippen molar-refractivity contribution >= 4 is 5.78 Å². The smallest absolute Gasteiger partial charge is 0.179 e. The number of nitrogens with two attached hydrogens (primary N) is 1. The van der Waals surface area contributed by atoms with Gasteiger partial charge in [-0.2, -0.15) is 0 Å². The standard InChI is InChI=1S/C21H30N2O2/c1-15-11-16(2)13-17(12-15)5-4-6-21(25)20-10-9-19(23(20)3)8-7-18(22)14-24/h9-13,18,24H,4-8,14,22H2,1-3H3. The van der Waals surface area contributed by atoms with Gasteiger partial charge in [-0.3, -0.25) is 4.79 Å². The lowest BCUT2D eigenvalue weighted by atomic mass is 10.0. The van der Waals surface area contributed by atoms with E-state index < -0.39 is 0 Å². The van der Waals surface area contributed by atoms with Gasteiger partial charge in [-0.05, 0) is 57.2 Å². The van der Waals surface area contributed by atoms with E-state index in [1.165, 1.54) is 16.7 Å². The first-order chi connectivity index (χ1) is 11.9. The molecule has 4 nitrogen and oxygen atoms in total. The molecule has 0 aliphatic rings. The van der Waals surface area contributed by atoms with Gasteiger partial charge >= 0.3 is 0 Å². The number of aliphatic hydroxyl groups is 1. The van der Waals surface area contributed by atoms with Gasteiger partial charge in [-0.25, -0.2) is 0 Å². The van der Waals surface area contributed by atoms with E-state index >= 15 is 0 Å². The Balaban J connectivity index is 1.89. The minimum atomic E-state index is -0.202. The zero-order valence-corrected chi connectivity index (χ0v) is 15.6. The minimum Gasteiger partial charge on any atom is -0.395 e. The summed E-state index contributed by atoms with van der Waals surface area (Å²) in [5.41, 5.74) is 11.4. The van der Waals surface area contributed by atoms with Crippen molar-refractivity contribution < 1.29 is 9.90 Å². The Morgan fingerprint density at radius 1 is 1.16 bits per heavy atom. The van der Waals surface area contributed by atoms with Gasteiger partial charge in [-0.1, -0.05) is 29.3 Å². The number of hydrogen-bond acceptors (Lipinski definition) is 3. The van der Waals surface area contributed by atoms with E-state index in [-0.39, 0.29) is 18.4 Å². The van der Waals surface area contributed by atoms with Crippen LogP contribution in [0.3, 0.4) is 0 Å². The third-order valence-electron chi connectivity index (χ3n) is 4.67. The van der Waals surface area contributed by atoms with Crippen molar-refractivity contribution in [2.24, 2.45) is 12.8 Å². The zero-order chi connectivity index (χ0) is 18.4. The average Bonchev–Trinajstić information content (AvgIpc) is 2.92. The Morgan fingerprint density at radius 2 is 1.84 bits per heavy atom. The van der Waals surface area contributed by atoms with Crippen LogP contribution in [-0.2, 0) is 19.9 Å². The second-order valence-electron chi connectivity index (χ2n) is 7.02. The molecule has 2 rings (SSSR count). The van der Waals surface area contributed by atoms with Gasteiger partial charge in [0.15, 0.2) is 5.78 Å². The van der Waals surface area contributed by atoms with Crippen LogP contribution in [0.15, 0.2) is 30.3 Å². The highest BCUT2D eigenvalue weighted by Gasteiger charge is 2.13. The number of aryl methyl sites for hydroxylation is 4. The van der Waals surface area contributed by atoms with Crippen molar-refractivity contribution in [2.75, 3.05) is 6.61 Å². The van der Waals surface area contributed by atoms with Gasteiger partial charge in [0, 0.05) is 25.2 Å². The lowest BCUT2D eigenvalue weighted by molar-refractivity contribution is 0.0972. The first kappa shape index (κ1) is 19.4. The molecule has 0 aliphatic carbocycles. The number of carbonyl (C=O) groups excluding carboxylic acids is 1. The molecule has 0 saturated carbocycles. The van der Waals surface area contributed by atoms with Crippen LogP contribution < -0.4 is 5.73 Å². The number of hydrogen-bond donors (Lipinski definition) is 2. The predicted molar refractivity (Wildman–Crippen MR) is 102 cm³/mol. The summed E-state index contributed by atoms with van der Waals surface area (Å²) in [5.74, 6) is 0.185.